The Morgan fingerprint density at radius 2 is 1.72 bits per heavy atom. The molecule has 18 heavy (non-hydrogen) atoms. The fourth-order valence-corrected chi connectivity index (χ4v) is 3.00. The Morgan fingerprint density at radius 3 is 2.33 bits per heavy atom. The number of nitrogens with zero attached hydrogens (tertiary/aromatic N) is 1. The number of hydrogen-bond donors (Lipinski definition) is 1. The first-order valence-corrected chi connectivity index (χ1v) is 7.20. The highest BCUT2D eigenvalue weighted by atomic mass is 16.3. The molecule has 1 N–H and O–H groups in total. The number of hydrogen-bond acceptors (Lipinski definition) is 2. The zero-order chi connectivity index (χ0) is 13.0. The van der Waals surface area contributed by atoms with Crippen LogP contribution in [0.1, 0.15) is 57.1 Å². The van der Waals surface area contributed by atoms with E-state index < -0.39 is 6.10 Å². The fraction of sp³-hybridized carbons (Fsp3) is 0.625. The summed E-state index contributed by atoms with van der Waals surface area (Å²) in [4.78, 5) is 2.38. The minimum atomic E-state index is -0.394. The van der Waals surface area contributed by atoms with Crippen LogP contribution in [0.15, 0.2) is 24.3 Å². The van der Waals surface area contributed by atoms with Crippen molar-refractivity contribution in [1.29, 1.82) is 0 Å². The van der Waals surface area contributed by atoms with Gasteiger partial charge in [0.2, 0.25) is 0 Å². The maximum absolute atomic E-state index is 9.88. The molecule has 1 fully saturated rings. The van der Waals surface area contributed by atoms with E-state index in [4.69, 9.17) is 0 Å². The molecule has 2 heteroatoms. The summed E-state index contributed by atoms with van der Waals surface area (Å²) in [5, 5.41) is 9.88. The predicted octanol–water partition coefficient (Wildman–Crippen LogP) is 3.90. The Balaban J connectivity index is 2.19. The Morgan fingerprint density at radius 1 is 1.11 bits per heavy atom. The number of aliphatic hydroxyl groups excluding tert-OH is 1. The lowest BCUT2D eigenvalue weighted by molar-refractivity contribution is 0.199. The molecule has 0 unspecified atom stereocenters. The molecule has 1 aromatic carbocycles. The molecule has 0 amide bonds. The molecule has 2 nitrogen and oxygen atoms in total. The lowest BCUT2D eigenvalue weighted by Crippen LogP contribution is -2.32. The summed E-state index contributed by atoms with van der Waals surface area (Å²) in [5.41, 5.74) is 2.24. The summed E-state index contributed by atoms with van der Waals surface area (Å²) in [6, 6.07) is 8.87. The van der Waals surface area contributed by atoms with Gasteiger partial charge in [-0.1, -0.05) is 43.9 Å². The van der Waals surface area contributed by atoms with Crippen LogP contribution in [0.25, 0.3) is 0 Å². The molecule has 1 aliphatic carbocycles. The maximum atomic E-state index is 9.88. The quantitative estimate of drug-likeness (QED) is 0.819. The molecule has 0 radical (unpaired) electrons. The van der Waals surface area contributed by atoms with Gasteiger partial charge in [0.15, 0.2) is 0 Å². The molecule has 0 aliphatic heterocycles. The molecule has 0 saturated heterocycles. The van der Waals surface area contributed by atoms with Gasteiger partial charge in [0, 0.05) is 24.3 Å². The van der Waals surface area contributed by atoms with Crippen LogP contribution in [-0.4, -0.2) is 18.2 Å². The van der Waals surface area contributed by atoms with Gasteiger partial charge in [0.25, 0.3) is 0 Å². The Bertz CT molecular complexity index is 367. The molecule has 0 bridgehead atoms. The molecular formula is C16H25NO. The van der Waals surface area contributed by atoms with Crippen LogP contribution in [0.4, 0.5) is 5.69 Å². The van der Waals surface area contributed by atoms with E-state index in [9.17, 15) is 5.11 Å². The highest BCUT2D eigenvalue weighted by Gasteiger charge is 2.20. The largest absolute Gasteiger partial charge is 0.389 e. The minimum absolute atomic E-state index is 0.394. The second-order valence-electron chi connectivity index (χ2n) is 5.49. The van der Waals surface area contributed by atoms with Crippen LogP contribution < -0.4 is 4.90 Å². The van der Waals surface area contributed by atoms with E-state index >= 15 is 0 Å². The van der Waals surface area contributed by atoms with Gasteiger partial charge in [-0.3, -0.25) is 0 Å². The van der Waals surface area contributed by atoms with Gasteiger partial charge in [-0.2, -0.15) is 0 Å². The Labute approximate surface area is 111 Å². The molecule has 1 saturated carbocycles. The lowest BCUT2D eigenvalue weighted by Gasteiger charge is -2.31. The number of benzene rings is 1. The van der Waals surface area contributed by atoms with E-state index in [0.29, 0.717) is 6.04 Å². The highest BCUT2D eigenvalue weighted by Crippen LogP contribution is 2.30. The topological polar surface area (TPSA) is 23.5 Å². The van der Waals surface area contributed by atoms with Crippen molar-refractivity contribution in [2.75, 3.05) is 11.9 Å². The van der Waals surface area contributed by atoms with Gasteiger partial charge < -0.3 is 10.0 Å². The summed E-state index contributed by atoms with van der Waals surface area (Å²) < 4.78 is 0. The lowest BCUT2D eigenvalue weighted by atomic mass is 10.0. The first-order valence-electron chi connectivity index (χ1n) is 7.20. The molecule has 1 aliphatic rings. The third-order valence-corrected chi connectivity index (χ3v) is 4.14. The van der Waals surface area contributed by atoms with Gasteiger partial charge >= 0.3 is 0 Å². The van der Waals surface area contributed by atoms with Gasteiger partial charge in [-0.25, -0.2) is 0 Å². The first kappa shape index (κ1) is 13.4. The molecule has 100 valence electrons. The van der Waals surface area contributed by atoms with E-state index in [0.717, 1.165) is 5.56 Å². The number of para-hydroxylation sites is 1. The molecule has 1 atom stereocenters. The van der Waals surface area contributed by atoms with Crippen molar-refractivity contribution in [3.63, 3.8) is 0 Å². The van der Waals surface area contributed by atoms with Gasteiger partial charge in [-0.15, -0.1) is 0 Å². The van der Waals surface area contributed by atoms with Gasteiger partial charge in [0.05, 0.1) is 6.10 Å². The summed E-state index contributed by atoms with van der Waals surface area (Å²) in [7, 11) is 2.18. The highest BCUT2D eigenvalue weighted by molar-refractivity contribution is 5.54. The van der Waals surface area contributed by atoms with Crippen LogP contribution >= 0.6 is 0 Å². The van der Waals surface area contributed by atoms with Crippen molar-refractivity contribution in [3.8, 4) is 0 Å². The predicted molar refractivity (Wildman–Crippen MR) is 77.0 cm³/mol. The number of anilines is 1. The van der Waals surface area contributed by atoms with Crippen LogP contribution in [0.5, 0.6) is 0 Å². The van der Waals surface area contributed by atoms with Crippen LogP contribution in [-0.2, 0) is 0 Å². The fourth-order valence-electron chi connectivity index (χ4n) is 3.00. The summed E-state index contributed by atoms with van der Waals surface area (Å²) >= 11 is 0. The Kier molecular flexibility index (Phi) is 4.65. The number of aliphatic hydroxyl groups is 1. The van der Waals surface area contributed by atoms with Crippen LogP contribution in [0, 0.1) is 0 Å². The molecule has 0 heterocycles. The maximum Gasteiger partial charge on any atom is 0.0781 e. The summed E-state index contributed by atoms with van der Waals surface area (Å²) in [5.74, 6) is 0. The van der Waals surface area contributed by atoms with E-state index in [2.05, 4.69) is 24.1 Å². The minimum Gasteiger partial charge on any atom is -0.389 e. The second kappa shape index (κ2) is 6.24. The van der Waals surface area contributed by atoms with Crippen molar-refractivity contribution >= 4 is 5.69 Å². The van der Waals surface area contributed by atoms with E-state index in [1.165, 1.54) is 44.2 Å². The van der Waals surface area contributed by atoms with Crippen molar-refractivity contribution in [1.82, 2.24) is 0 Å². The van der Waals surface area contributed by atoms with E-state index in [1.807, 2.05) is 19.1 Å². The monoisotopic (exact) mass is 247 g/mol. The smallest absolute Gasteiger partial charge is 0.0781 e. The van der Waals surface area contributed by atoms with Crippen molar-refractivity contribution < 1.29 is 5.11 Å². The summed E-state index contributed by atoms with van der Waals surface area (Å²) in [6.45, 7) is 1.85. The molecule has 2 rings (SSSR count). The molecule has 1 aromatic rings. The van der Waals surface area contributed by atoms with Gasteiger partial charge in [-0.05, 0) is 25.8 Å². The second-order valence-corrected chi connectivity index (χ2v) is 5.49. The third-order valence-electron chi connectivity index (χ3n) is 4.14. The van der Waals surface area contributed by atoms with Crippen LogP contribution in [0.2, 0.25) is 0 Å². The van der Waals surface area contributed by atoms with Crippen LogP contribution in [0.3, 0.4) is 0 Å². The first-order chi connectivity index (χ1) is 8.70. The molecule has 0 aromatic heterocycles. The SMILES string of the molecule is C[C@@H](O)c1ccccc1N(C)C1CCCCCC1. The van der Waals surface area contributed by atoms with E-state index in [-0.39, 0.29) is 0 Å². The Hall–Kier alpha value is -1.02. The van der Waals surface area contributed by atoms with E-state index in [1.54, 1.807) is 0 Å². The van der Waals surface area contributed by atoms with Crippen molar-refractivity contribution in [2.24, 2.45) is 0 Å². The molecular weight excluding hydrogens is 222 g/mol. The van der Waals surface area contributed by atoms with Crippen molar-refractivity contribution in [3.05, 3.63) is 29.8 Å². The zero-order valence-corrected chi connectivity index (χ0v) is 11.6. The normalized spacial score (nSPS) is 19.3. The third kappa shape index (κ3) is 3.05. The zero-order valence-electron chi connectivity index (χ0n) is 11.6. The van der Waals surface area contributed by atoms with Gasteiger partial charge in [0.1, 0.15) is 0 Å². The molecule has 0 spiro atoms. The average molecular weight is 247 g/mol. The van der Waals surface area contributed by atoms with Crippen molar-refractivity contribution in [2.45, 2.75) is 57.6 Å². The number of rotatable bonds is 3. The average Bonchev–Trinajstić information content (AvgIpc) is 2.66. The summed E-state index contributed by atoms with van der Waals surface area (Å²) in [6.07, 6.45) is 7.60. The standard InChI is InChI=1S/C16H25NO/c1-13(18)15-11-7-8-12-16(15)17(2)14-9-5-3-4-6-10-14/h7-8,11-14,18H,3-6,9-10H2,1-2H3/t13-/m1/s1.